The molecule has 0 fully saturated rings. The van der Waals surface area contributed by atoms with Crippen molar-refractivity contribution in [1.29, 1.82) is 0 Å². The molecule has 0 amide bonds. The highest BCUT2D eigenvalue weighted by Gasteiger charge is 2.17. The zero-order chi connectivity index (χ0) is 24.8. The average molecular weight is 475 g/mol. The van der Waals surface area contributed by atoms with E-state index in [9.17, 15) is 4.39 Å². The Morgan fingerprint density at radius 3 is 2.39 bits per heavy atom. The number of nitrogens with zero attached hydrogens (tertiary/aromatic N) is 1. The first kappa shape index (κ1) is 28.8. The van der Waals surface area contributed by atoms with E-state index in [-0.39, 0.29) is 11.9 Å². The molecule has 1 aliphatic carbocycles. The van der Waals surface area contributed by atoms with Gasteiger partial charge in [-0.05, 0) is 86.5 Å². The molecule has 0 bridgehead atoms. The van der Waals surface area contributed by atoms with Gasteiger partial charge in [0, 0.05) is 17.3 Å². The Morgan fingerprint density at radius 1 is 1.06 bits per heavy atom. The summed E-state index contributed by atoms with van der Waals surface area (Å²) >= 11 is 6.29. The van der Waals surface area contributed by atoms with E-state index in [0.29, 0.717) is 17.3 Å². The molecule has 33 heavy (non-hydrogen) atoms. The molecule has 2 aromatic carbocycles. The van der Waals surface area contributed by atoms with Gasteiger partial charge in [-0.25, -0.2) is 9.38 Å². The predicted molar refractivity (Wildman–Crippen MR) is 141 cm³/mol. The maximum atomic E-state index is 14.0. The quantitative estimate of drug-likeness (QED) is 0.323. The second-order valence-corrected chi connectivity index (χ2v) is 8.03. The lowest BCUT2D eigenvalue weighted by Crippen LogP contribution is -2.15. The number of amidine groups is 1. The second-order valence-electron chi connectivity index (χ2n) is 7.62. The van der Waals surface area contributed by atoms with E-state index >= 15 is 0 Å². The summed E-state index contributed by atoms with van der Waals surface area (Å²) in [5.41, 5.74) is 22.0. The van der Waals surface area contributed by atoms with Crippen LogP contribution in [0.5, 0.6) is 0 Å². The van der Waals surface area contributed by atoms with Crippen LogP contribution in [-0.4, -0.2) is 12.9 Å². The normalized spacial score (nSPS) is 15.0. The van der Waals surface area contributed by atoms with Gasteiger partial charge in [0.15, 0.2) is 0 Å². The van der Waals surface area contributed by atoms with E-state index in [0.717, 1.165) is 60.9 Å². The Labute approximate surface area is 204 Å². The summed E-state index contributed by atoms with van der Waals surface area (Å²) in [5.74, 6) is 0.191. The smallest absolute Gasteiger partial charge is 0.132 e. The van der Waals surface area contributed by atoms with Crippen LogP contribution in [-0.2, 0) is 6.42 Å². The van der Waals surface area contributed by atoms with E-state index in [1.54, 1.807) is 6.07 Å². The molecule has 2 aromatic rings. The minimum atomic E-state index is -0.234. The maximum absolute atomic E-state index is 14.0. The van der Waals surface area contributed by atoms with Gasteiger partial charge in [-0.3, -0.25) is 0 Å². The Bertz CT molecular complexity index is 924. The third-order valence-electron chi connectivity index (χ3n) is 5.55. The van der Waals surface area contributed by atoms with Crippen LogP contribution in [0.15, 0.2) is 58.7 Å². The zero-order valence-corrected chi connectivity index (χ0v) is 21.3. The number of hydrogen-bond donors (Lipinski definition) is 3. The van der Waals surface area contributed by atoms with Crippen LogP contribution in [0.1, 0.15) is 82.0 Å². The van der Waals surface area contributed by atoms with Gasteiger partial charge in [0.05, 0.1) is 5.02 Å². The van der Waals surface area contributed by atoms with Crippen molar-refractivity contribution in [2.75, 3.05) is 7.05 Å². The molecule has 0 aromatic heterocycles. The lowest BCUT2D eigenvalue weighted by Gasteiger charge is -2.17. The van der Waals surface area contributed by atoms with Crippen LogP contribution in [0.4, 0.5) is 4.39 Å². The number of nitrogens with two attached hydrogens (primary N) is 3. The van der Waals surface area contributed by atoms with Crippen molar-refractivity contribution in [3.63, 3.8) is 0 Å². The number of hydrogen-bond acceptors (Lipinski definition) is 3. The number of aliphatic imine (C=N–C) groups is 1. The summed E-state index contributed by atoms with van der Waals surface area (Å²) in [6.45, 7) is 6.04. The third kappa shape index (κ3) is 8.58. The maximum Gasteiger partial charge on any atom is 0.132 e. The van der Waals surface area contributed by atoms with Crippen LogP contribution >= 0.6 is 11.6 Å². The molecule has 0 spiro atoms. The van der Waals surface area contributed by atoms with Crippen LogP contribution in [0.25, 0.3) is 0 Å². The Balaban J connectivity index is 0.00000129. The molecule has 6 heteroatoms. The molecule has 1 unspecified atom stereocenters. The number of benzene rings is 2. The van der Waals surface area contributed by atoms with Crippen molar-refractivity contribution in [2.45, 2.75) is 71.8 Å². The van der Waals surface area contributed by atoms with Gasteiger partial charge in [-0.15, -0.1) is 0 Å². The molecule has 3 rings (SSSR count). The third-order valence-corrected chi connectivity index (χ3v) is 5.88. The Morgan fingerprint density at radius 2 is 1.73 bits per heavy atom. The first-order valence-electron chi connectivity index (χ1n) is 11.9. The molecular formula is C27H40ClFN4. The molecule has 6 N–H and O–H groups in total. The van der Waals surface area contributed by atoms with Crippen LogP contribution in [0, 0.1) is 5.82 Å². The van der Waals surface area contributed by atoms with Crippen molar-refractivity contribution in [3.8, 4) is 0 Å². The van der Waals surface area contributed by atoms with E-state index < -0.39 is 0 Å². The molecule has 182 valence electrons. The van der Waals surface area contributed by atoms with Crippen LogP contribution in [0.2, 0.25) is 5.02 Å². The summed E-state index contributed by atoms with van der Waals surface area (Å²) < 4.78 is 14.0. The van der Waals surface area contributed by atoms with E-state index in [1.165, 1.54) is 18.7 Å². The molecule has 1 aliphatic rings. The van der Waals surface area contributed by atoms with Gasteiger partial charge < -0.3 is 17.2 Å². The summed E-state index contributed by atoms with van der Waals surface area (Å²) in [6, 6.07) is 12.3. The molecule has 0 radical (unpaired) electrons. The summed E-state index contributed by atoms with van der Waals surface area (Å²) in [4.78, 5) is 4.79. The van der Waals surface area contributed by atoms with Crippen molar-refractivity contribution in [2.24, 2.45) is 22.2 Å². The van der Waals surface area contributed by atoms with E-state index in [2.05, 4.69) is 5.73 Å². The fraction of sp³-hybridized carbons (Fsp3) is 0.444. The summed E-state index contributed by atoms with van der Waals surface area (Å²) in [7, 11) is 1.50. The summed E-state index contributed by atoms with van der Waals surface area (Å²) in [6.07, 6.45) is 6.58. The largest absolute Gasteiger partial charge is 0.383 e. The highest BCUT2D eigenvalue weighted by atomic mass is 35.5. The van der Waals surface area contributed by atoms with Gasteiger partial charge in [-0.1, -0.05) is 57.0 Å². The monoisotopic (exact) mass is 474 g/mol. The molecule has 0 saturated heterocycles. The SMILES string of the molecule is CC.CCC(N)c1ccc(F)cc1CC1=C(N=C(N)c2ccccc2Cl)CCCCC1.CN. The highest BCUT2D eigenvalue weighted by Crippen LogP contribution is 2.31. The van der Waals surface area contributed by atoms with Crippen molar-refractivity contribution in [3.05, 3.63) is 81.3 Å². The van der Waals surface area contributed by atoms with Crippen molar-refractivity contribution >= 4 is 17.4 Å². The fourth-order valence-corrected chi connectivity index (χ4v) is 4.10. The molecule has 0 saturated carbocycles. The lowest BCUT2D eigenvalue weighted by atomic mass is 9.92. The number of allylic oxidation sites excluding steroid dienone is 2. The minimum absolute atomic E-state index is 0.0999. The second kappa shape index (κ2) is 15.6. The first-order valence-corrected chi connectivity index (χ1v) is 12.3. The highest BCUT2D eigenvalue weighted by molar-refractivity contribution is 6.34. The fourth-order valence-electron chi connectivity index (χ4n) is 3.87. The zero-order valence-electron chi connectivity index (χ0n) is 20.5. The van der Waals surface area contributed by atoms with Crippen molar-refractivity contribution < 1.29 is 4.39 Å². The van der Waals surface area contributed by atoms with Gasteiger partial charge in [-0.2, -0.15) is 0 Å². The predicted octanol–water partition coefficient (Wildman–Crippen LogP) is 6.66. The minimum Gasteiger partial charge on any atom is -0.383 e. The standard InChI is InChI=1S/C24H29ClFN3.C2H6.CH5N/c1-2-22(27)19-13-12-18(26)15-17(19)14-16-8-4-3-5-11-23(16)29-24(28)20-9-6-7-10-21(20)25;2*1-2/h6-7,9-10,12-13,15,22H,2-5,8,11,14,27H2,1H3,(H2,28,29);1-2H3;2H2,1H3. The molecule has 4 nitrogen and oxygen atoms in total. The topological polar surface area (TPSA) is 90.4 Å². The molecule has 1 atom stereocenters. The summed E-state index contributed by atoms with van der Waals surface area (Å²) in [5, 5.41) is 0.589. The number of halogens is 2. The first-order chi connectivity index (χ1) is 16.0. The molecule has 0 aliphatic heterocycles. The Kier molecular flexibility index (Phi) is 13.6. The van der Waals surface area contributed by atoms with Crippen molar-refractivity contribution in [1.82, 2.24) is 0 Å². The van der Waals surface area contributed by atoms with Crippen LogP contribution in [0.3, 0.4) is 0 Å². The van der Waals surface area contributed by atoms with E-state index in [1.807, 2.05) is 51.1 Å². The average Bonchev–Trinajstić information content (AvgIpc) is 3.06. The van der Waals surface area contributed by atoms with Crippen LogP contribution < -0.4 is 17.2 Å². The van der Waals surface area contributed by atoms with Gasteiger partial charge in [0.1, 0.15) is 11.7 Å². The van der Waals surface area contributed by atoms with E-state index in [4.69, 9.17) is 28.1 Å². The van der Waals surface area contributed by atoms with Gasteiger partial charge in [0.25, 0.3) is 0 Å². The number of rotatable bonds is 6. The Hall–Kier alpha value is -2.21. The molecular weight excluding hydrogens is 435 g/mol. The van der Waals surface area contributed by atoms with Gasteiger partial charge >= 0.3 is 0 Å². The van der Waals surface area contributed by atoms with Gasteiger partial charge in [0.2, 0.25) is 0 Å². The lowest BCUT2D eigenvalue weighted by molar-refractivity contribution is 0.619. The molecule has 0 heterocycles.